The fraction of sp³-hybridized carbons (Fsp3) is 0. The van der Waals surface area contributed by atoms with E-state index in [9.17, 15) is 0 Å². The van der Waals surface area contributed by atoms with Crippen LogP contribution in [0.3, 0.4) is 0 Å². The Morgan fingerprint density at radius 2 is 0.855 bits per heavy atom. The summed E-state index contributed by atoms with van der Waals surface area (Å²) in [6.07, 6.45) is 0. The number of fused-ring (bicyclic) bond motifs is 5. The maximum absolute atomic E-state index is 6.58. The number of oxazole rings is 1. The van der Waals surface area contributed by atoms with Crippen LogP contribution < -0.4 is 25.6 Å². The standard InChI is InChI=1S/C51H36N2OSi/c1-6-16-39(17-7-1)51-52-48-35-29-38-27-26-37-28-30-42(36-47(37)49(38)50(48)54-51)53(40-18-8-2-9-19-40)41-31-33-46(34-32-41)55(43-20-10-3-11-21-43,44-22-12-4-13-23-44)45-24-14-5-15-25-45/h1-36H. The molecule has 0 N–H and O–H groups in total. The number of nitrogens with zero attached hydrogens (tertiary/aromatic N) is 2. The lowest BCUT2D eigenvalue weighted by molar-refractivity contribution is 0.623. The summed E-state index contributed by atoms with van der Waals surface area (Å²) in [5, 5.41) is 9.86. The van der Waals surface area contributed by atoms with Crippen molar-refractivity contribution in [1.82, 2.24) is 4.98 Å². The number of anilines is 3. The molecule has 0 aliphatic carbocycles. The van der Waals surface area contributed by atoms with E-state index in [-0.39, 0.29) is 0 Å². The Bertz CT molecular complexity index is 2800. The second kappa shape index (κ2) is 13.8. The third-order valence-corrected chi connectivity index (χ3v) is 15.6. The van der Waals surface area contributed by atoms with Gasteiger partial charge in [-0.1, -0.05) is 164 Å². The van der Waals surface area contributed by atoms with E-state index in [1.54, 1.807) is 0 Å². The zero-order valence-electron chi connectivity index (χ0n) is 30.1. The zero-order chi connectivity index (χ0) is 36.6. The molecule has 0 saturated heterocycles. The van der Waals surface area contributed by atoms with Crippen LogP contribution in [0.5, 0.6) is 0 Å². The minimum atomic E-state index is -2.67. The number of rotatable bonds is 8. The first-order valence-electron chi connectivity index (χ1n) is 18.7. The highest BCUT2D eigenvalue weighted by Crippen LogP contribution is 2.40. The molecule has 1 heterocycles. The second-order valence-electron chi connectivity index (χ2n) is 13.9. The van der Waals surface area contributed by atoms with E-state index in [4.69, 9.17) is 9.40 Å². The molecular weight excluding hydrogens is 685 g/mol. The maximum Gasteiger partial charge on any atom is 0.227 e. The van der Waals surface area contributed by atoms with Gasteiger partial charge in [0.25, 0.3) is 0 Å². The maximum atomic E-state index is 6.58. The van der Waals surface area contributed by atoms with Crippen LogP contribution in [-0.2, 0) is 0 Å². The minimum Gasteiger partial charge on any atom is -0.435 e. The topological polar surface area (TPSA) is 29.3 Å². The first kappa shape index (κ1) is 32.6. The minimum absolute atomic E-state index is 0.628. The van der Waals surface area contributed by atoms with E-state index < -0.39 is 8.07 Å². The van der Waals surface area contributed by atoms with Gasteiger partial charge in [0.1, 0.15) is 5.52 Å². The van der Waals surface area contributed by atoms with Gasteiger partial charge in [-0.15, -0.1) is 0 Å². The third kappa shape index (κ3) is 5.63. The largest absolute Gasteiger partial charge is 0.435 e. The molecule has 55 heavy (non-hydrogen) atoms. The molecule has 0 bridgehead atoms. The average molecular weight is 721 g/mol. The highest BCUT2D eigenvalue weighted by molar-refractivity contribution is 7.19. The van der Waals surface area contributed by atoms with Crippen LogP contribution in [0.4, 0.5) is 17.1 Å². The van der Waals surface area contributed by atoms with E-state index in [1.807, 2.05) is 30.3 Å². The molecule has 3 nitrogen and oxygen atoms in total. The van der Waals surface area contributed by atoms with Crippen LogP contribution in [0.2, 0.25) is 0 Å². The molecule has 0 amide bonds. The Morgan fingerprint density at radius 1 is 0.400 bits per heavy atom. The Kier molecular flexibility index (Phi) is 8.16. The highest BCUT2D eigenvalue weighted by atomic mass is 28.3. The van der Waals surface area contributed by atoms with E-state index in [1.165, 1.54) is 20.7 Å². The quantitative estimate of drug-likeness (QED) is 0.0889. The summed E-state index contributed by atoms with van der Waals surface area (Å²) in [4.78, 5) is 7.27. The molecule has 0 radical (unpaired) electrons. The Labute approximate surface area is 321 Å². The van der Waals surface area contributed by atoms with Gasteiger partial charge in [0.05, 0.1) is 0 Å². The molecule has 0 unspecified atom stereocenters. The summed E-state index contributed by atoms with van der Waals surface area (Å²) in [7, 11) is -2.67. The number of para-hydroxylation sites is 1. The van der Waals surface area contributed by atoms with Gasteiger partial charge in [0.2, 0.25) is 5.89 Å². The highest BCUT2D eigenvalue weighted by Gasteiger charge is 2.41. The lowest BCUT2D eigenvalue weighted by atomic mass is 10.00. The van der Waals surface area contributed by atoms with Gasteiger partial charge in [-0.25, -0.2) is 4.98 Å². The monoisotopic (exact) mass is 720 g/mol. The summed E-state index contributed by atoms with van der Waals surface area (Å²) in [5.41, 5.74) is 5.86. The van der Waals surface area contributed by atoms with Gasteiger partial charge < -0.3 is 9.32 Å². The van der Waals surface area contributed by atoms with Gasteiger partial charge in [-0.05, 0) is 91.5 Å². The molecule has 10 rings (SSSR count). The van der Waals surface area contributed by atoms with E-state index in [2.05, 4.69) is 193 Å². The first-order valence-corrected chi connectivity index (χ1v) is 20.7. The van der Waals surface area contributed by atoms with Crippen molar-refractivity contribution in [2.45, 2.75) is 0 Å². The molecule has 0 aliphatic rings. The number of aromatic nitrogens is 1. The third-order valence-electron chi connectivity index (χ3n) is 10.8. The lowest BCUT2D eigenvalue weighted by Gasteiger charge is -2.35. The molecule has 0 fully saturated rings. The van der Waals surface area contributed by atoms with Crippen molar-refractivity contribution in [2.24, 2.45) is 0 Å². The van der Waals surface area contributed by atoms with Crippen molar-refractivity contribution in [1.29, 1.82) is 0 Å². The fourth-order valence-electron chi connectivity index (χ4n) is 8.30. The van der Waals surface area contributed by atoms with Crippen LogP contribution >= 0.6 is 0 Å². The zero-order valence-corrected chi connectivity index (χ0v) is 31.1. The predicted octanol–water partition coefficient (Wildman–Crippen LogP) is 10.6. The van der Waals surface area contributed by atoms with Crippen molar-refractivity contribution in [3.05, 3.63) is 218 Å². The van der Waals surface area contributed by atoms with Gasteiger partial charge in [0, 0.05) is 28.0 Å². The van der Waals surface area contributed by atoms with Crippen molar-refractivity contribution >= 4 is 78.5 Å². The summed E-state index contributed by atoms with van der Waals surface area (Å²) in [5.74, 6) is 0.628. The van der Waals surface area contributed by atoms with Crippen molar-refractivity contribution in [3.63, 3.8) is 0 Å². The molecular formula is C51H36N2OSi. The Balaban J connectivity index is 1.16. The van der Waals surface area contributed by atoms with Crippen molar-refractivity contribution < 1.29 is 4.42 Å². The lowest BCUT2D eigenvalue weighted by Crippen LogP contribution is -2.74. The van der Waals surface area contributed by atoms with E-state index >= 15 is 0 Å². The van der Waals surface area contributed by atoms with E-state index in [0.717, 1.165) is 55.3 Å². The molecule has 260 valence electrons. The molecule has 0 saturated carbocycles. The Morgan fingerprint density at radius 3 is 1.45 bits per heavy atom. The van der Waals surface area contributed by atoms with Gasteiger partial charge in [0.15, 0.2) is 13.7 Å². The van der Waals surface area contributed by atoms with Gasteiger partial charge in [-0.2, -0.15) is 0 Å². The predicted molar refractivity (Wildman–Crippen MR) is 233 cm³/mol. The van der Waals surface area contributed by atoms with Crippen LogP contribution in [-0.4, -0.2) is 13.1 Å². The molecule has 0 spiro atoms. The van der Waals surface area contributed by atoms with E-state index in [0.29, 0.717) is 5.89 Å². The SMILES string of the molecule is c1ccc(-c2nc3ccc4ccc5ccc(N(c6ccccc6)c6ccc([Si](c7ccccc7)(c7ccccc7)c7ccccc7)cc6)cc5c4c3o2)cc1. The molecule has 0 atom stereocenters. The van der Waals surface area contributed by atoms with Gasteiger partial charge in [-0.3, -0.25) is 0 Å². The number of hydrogen-bond donors (Lipinski definition) is 0. The molecule has 0 aliphatic heterocycles. The summed E-state index contributed by atoms with van der Waals surface area (Å²) < 4.78 is 6.58. The van der Waals surface area contributed by atoms with Crippen LogP contribution in [0, 0.1) is 0 Å². The van der Waals surface area contributed by atoms with Crippen molar-refractivity contribution in [3.8, 4) is 11.5 Å². The van der Waals surface area contributed by atoms with Gasteiger partial charge >= 0.3 is 0 Å². The van der Waals surface area contributed by atoms with Crippen molar-refractivity contribution in [2.75, 3.05) is 4.90 Å². The Hall–Kier alpha value is -7.01. The fourth-order valence-corrected chi connectivity index (χ4v) is 13.0. The summed E-state index contributed by atoms with van der Waals surface area (Å²) in [6, 6.07) is 78.7. The normalized spacial score (nSPS) is 11.6. The number of hydrogen-bond acceptors (Lipinski definition) is 3. The molecule has 4 heteroatoms. The average Bonchev–Trinajstić information content (AvgIpc) is 3.71. The summed E-state index contributed by atoms with van der Waals surface area (Å²) in [6.45, 7) is 0. The van der Waals surface area contributed by atoms with Crippen LogP contribution in [0.15, 0.2) is 223 Å². The molecule has 1 aromatic heterocycles. The first-order chi connectivity index (χ1) is 27.3. The smallest absolute Gasteiger partial charge is 0.227 e. The molecule has 10 aromatic rings. The molecule has 9 aromatic carbocycles. The van der Waals surface area contributed by atoms with Crippen LogP contribution in [0.1, 0.15) is 0 Å². The second-order valence-corrected chi connectivity index (χ2v) is 17.7. The number of benzene rings is 9. The van der Waals surface area contributed by atoms with Crippen LogP contribution in [0.25, 0.3) is 44.1 Å². The summed E-state index contributed by atoms with van der Waals surface area (Å²) >= 11 is 0.